The van der Waals surface area contributed by atoms with Gasteiger partial charge in [0.2, 0.25) is 5.91 Å². The standard InChI is InChI=1S/C12H20N6O/c1-7(12(19)18(2)3)14-9-6-10(17-13)16-11(15-9)8-4-5-8/h6-8H,4-5,13H2,1-3H3,(H2,14,15,16,17). The number of rotatable bonds is 5. The topological polar surface area (TPSA) is 96.2 Å². The number of nitrogen functional groups attached to an aromatic ring is 1. The summed E-state index contributed by atoms with van der Waals surface area (Å²) < 4.78 is 0. The molecule has 1 atom stereocenters. The largest absolute Gasteiger partial charge is 0.358 e. The Bertz CT molecular complexity index is 471. The SMILES string of the molecule is CC(Nc1cc(NN)nc(C2CC2)n1)C(=O)N(C)C. The molecule has 1 aromatic heterocycles. The van der Waals surface area contributed by atoms with E-state index in [0.29, 0.717) is 17.6 Å². The van der Waals surface area contributed by atoms with E-state index < -0.39 is 0 Å². The molecule has 1 aliphatic carbocycles. The Morgan fingerprint density at radius 2 is 2.05 bits per heavy atom. The van der Waals surface area contributed by atoms with Crippen LogP contribution in [0, 0.1) is 0 Å². The molecule has 7 nitrogen and oxygen atoms in total. The molecule has 104 valence electrons. The van der Waals surface area contributed by atoms with Crippen molar-refractivity contribution in [2.24, 2.45) is 5.84 Å². The number of hydrogen-bond donors (Lipinski definition) is 3. The van der Waals surface area contributed by atoms with Crippen molar-refractivity contribution in [2.75, 3.05) is 24.8 Å². The summed E-state index contributed by atoms with van der Waals surface area (Å²) in [4.78, 5) is 22.1. The number of hydrogen-bond acceptors (Lipinski definition) is 6. The van der Waals surface area contributed by atoms with Gasteiger partial charge in [-0.25, -0.2) is 15.8 Å². The van der Waals surface area contributed by atoms with Crippen molar-refractivity contribution in [3.63, 3.8) is 0 Å². The van der Waals surface area contributed by atoms with Crippen LogP contribution < -0.4 is 16.6 Å². The number of carbonyl (C=O) groups is 1. The van der Waals surface area contributed by atoms with Crippen molar-refractivity contribution in [3.8, 4) is 0 Å². The third-order valence-corrected chi connectivity index (χ3v) is 3.01. The van der Waals surface area contributed by atoms with Gasteiger partial charge in [-0.2, -0.15) is 0 Å². The van der Waals surface area contributed by atoms with Gasteiger partial charge in [0.1, 0.15) is 23.5 Å². The number of aromatic nitrogens is 2. The maximum Gasteiger partial charge on any atom is 0.244 e. The second-order valence-electron chi connectivity index (χ2n) is 5.01. The molecule has 0 radical (unpaired) electrons. The molecule has 0 aliphatic heterocycles. The van der Waals surface area contributed by atoms with Crippen LogP contribution in [0.3, 0.4) is 0 Å². The van der Waals surface area contributed by atoms with E-state index in [0.717, 1.165) is 18.7 Å². The van der Waals surface area contributed by atoms with Crippen molar-refractivity contribution in [1.29, 1.82) is 0 Å². The molecular formula is C12H20N6O. The number of carbonyl (C=O) groups excluding carboxylic acids is 1. The molecular weight excluding hydrogens is 244 g/mol. The quantitative estimate of drug-likeness (QED) is 0.530. The number of nitrogens with two attached hydrogens (primary N) is 1. The Balaban J connectivity index is 2.14. The van der Waals surface area contributed by atoms with Crippen LogP contribution in [0.4, 0.5) is 11.6 Å². The lowest BCUT2D eigenvalue weighted by atomic mass is 10.3. The van der Waals surface area contributed by atoms with E-state index in [-0.39, 0.29) is 11.9 Å². The van der Waals surface area contributed by atoms with E-state index in [9.17, 15) is 4.79 Å². The lowest BCUT2D eigenvalue weighted by Crippen LogP contribution is -2.37. The van der Waals surface area contributed by atoms with Gasteiger partial charge in [-0.1, -0.05) is 0 Å². The lowest BCUT2D eigenvalue weighted by Gasteiger charge is -2.19. The molecule has 1 unspecified atom stereocenters. The highest BCUT2D eigenvalue weighted by Crippen LogP contribution is 2.38. The normalized spacial score (nSPS) is 15.8. The van der Waals surface area contributed by atoms with Crippen molar-refractivity contribution >= 4 is 17.5 Å². The van der Waals surface area contributed by atoms with E-state index in [4.69, 9.17) is 5.84 Å². The zero-order valence-corrected chi connectivity index (χ0v) is 11.5. The molecule has 1 saturated carbocycles. The minimum absolute atomic E-state index is 0.00570. The highest BCUT2D eigenvalue weighted by molar-refractivity contribution is 5.83. The summed E-state index contributed by atoms with van der Waals surface area (Å²) in [5, 5.41) is 3.08. The van der Waals surface area contributed by atoms with Gasteiger partial charge in [-0.05, 0) is 19.8 Å². The van der Waals surface area contributed by atoms with Crippen molar-refractivity contribution < 1.29 is 4.79 Å². The number of hydrazine groups is 1. The van der Waals surface area contributed by atoms with Gasteiger partial charge in [0.05, 0.1) is 0 Å². The number of amides is 1. The molecule has 0 spiro atoms. The monoisotopic (exact) mass is 264 g/mol. The zero-order chi connectivity index (χ0) is 14.0. The maximum atomic E-state index is 11.8. The molecule has 1 heterocycles. The summed E-state index contributed by atoms with van der Waals surface area (Å²) >= 11 is 0. The van der Waals surface area contributed by atoms with Crippen LogP contribution in [-0.2, 0) is 4.79 Å². The second-order valence-corrected chi connectivity index (χ2v) is 5.01. The first-order valence-electron chi connectivity index (χ1n) is 6.34. The second kappa shape index (κ2) is 5.40. The minimum Gasteiger partial charge on any atom is -0.358 e. The Hall–Kier alpha value is -1.89. The molecule has 1 aromatic rings. The third kappa shape index (κ3) is 3.31. The van der Waals surface area contributed by atoms with Crippen LogP contribution in [0.5, 0.6) is 0 Å². The number of anilines is 2. The summed E-state index contributed by atoms with van der Waals surface area (Å²) in [5.74, 6) is 7.78. The van der Waals surface area contributed by atoms with Crippen LogP contribution in [0.15, 0.2) is 6.07 Å². The first-order valence-corrected chi connectivity index (χ1v) is 6.34. The number of nitrogens with zero attached hydrogens (tertiary/aromatic N) is 3. The number of likely N-dealkylation sites (N-methyl/N-ethyl adjacent to an activating group) is 1. The van der Waals surface area contributed by atoms with Gasteiger partial charge < -0.3 is 15.6 Å². The van der Waals surface area contributed by atoms with E-state index in [1.807, 2.05) is 0 Å². The molecule has 0 bridgehead atoms. The first-order chi connectivity index (χ1) is 9.01. The van der Waals surface area contributed by atoms with E-state index >= 15 is 0 Å². The summed E-state index contributed by atoms with van der Waals surface area (Å²) in [5.41, 5.74) is 2.53. The molecule has 1 fully saturated rings. The number of nitrogens with one attached hydrogen (secondary N) is 2. The molecule has 2 rings (SSSR count). The molecule has 4 N–H and O–H groups in total. The average molecular weight is 264 g/mol. The highest BCUT2D eigenvalue weighted by Gasteiger charge is 2.27. The fraction of sp³-hybridized carbons (Fsp3) is 0.583. The van der Waals surface area contributed by atoms with Crippen LogP contribution >= 0.6 is 0 Å². The van der Waals surface area contributed by atoms with Gasteiger partial charge >= 0.3 is 0 Å². The lowest BCUT2D eigenvalue weighted by molar-refractivity contribution is -0.129. The smallest absolute Gasteiger partial charge is 0.244 e. The molecule has 1 amide bonds. The molecule has 0 saturated heterocycles. The Morgan fingerprint density at radius 1 is 1.42 bits per heavy atom. The predicted octanol–water partition coefficient (Wildman–Crippen LogP) is 0.528. The van der Waals surface area contributed by atoms with Crippen molar-refractivity contribution in [3.05, 3.63) is 11.9 Å². The Kier molecular flexibility index (Phi) is 3.84. The van der Waals surface area contributed by atoms with Gasteiger partial charge in [-0.15, -0.1) is 0 Å². The molecule has 0 aromatic carbocycles. The average Bonchev–Trinajstić information content (AvgIpc) is 3.21. The van der Waals surface area contributed by atoms with Gasteiger partial charge in [0, 0.05) is 26.1 Å². The first kappa shape index (κ1) is 13.5. The fourth-order valence-corrected chi connectivity index (χ4v) is 1.81. The maximum absolute atomic E-state index is 11.8. The van der Waals surface area contributed by atoms with Crippen molar-refractivity contribution in [2.45, 2.75) is 31.7 Å². The van der Waals surface area contributed by atoms with E-state index in [1.165, 1.54) is 0 Å². The Morgan fingerprint density at radius 3 is 2.58 bits per heavy atom. The third-order valence-electron chi connectivity index (χ3n) is 3.01. The van der Waals surface area contributed by atoms with E-state index in [2.05, 4.69) is 20.7 Å². The molecule has 1 aliphatic rings. The van der Waals surface area contributed by atoms with Gasteiger partial charge in [0.15, 0.2) is 0 Å². The minimum atomic E-state index is -0.345. The summed E-state index contributed by atoms with van der Waals surface area (Å²) in [6, 6.07) is 1.35. The summed E-state index contributed by atoms with van der Waals surface area (Å²) in [7, 11) is 3.45. The van der Waals surface area contributed by atoms with Crippen LogP contribution in [0.1, 0.15) is 31.5 Å². The van der Waals surface area contributed by atoms with Crippen molar-refractivity contribution in [1.82, 2.24) is 14.9 Å². The highest BCUT2D eigenvalue weighted by atomic mass is 16.2. The van der Waals surface area contributed by atoms with Gasteiger partial charge in [0.25, 0.3) is 0 Å². The summed E-state index contributed by atoms with van der Waals surface area (Å²) in [6.07, 6.45) is 2.22. The predicted molar refractivity (Wildman–Crippen MR) is 73.6 cm³/mol. The zero-order valence-electron chi connectivity index (χ0n) is 11.5. The summed E-state index contributed by atoms with van der Waals surface area (Å²) in [6.45, 7) is 1.80. The fourth-order valence-electron chi connectivity index (χ4n) is 1.81. The van der Waals surface area contributed by atoms with Crippen LogP contribution in [0.2, 0.25) is 0 Å². The van der Waals surface area contributed by atoms with Crippen LogP contribution in [-0.4, -0.2) is 40.9 Å². The molecule has 7 heteroatoms. The Labute approximate surface area is 112 Å². The van der Waals surface area contributed by atoms with E-state index in [1.54, 1.807) is 32.0 Å². The van der Waals surface area contributed by atoms with Crippen LogP contribution in [0.25, 0.3) is 0 Å². The van der Waals surface area contributed by atoms with Gasteiger partial charge in [-0.3, -0.25) is 4.79 Å². The molecule has 19 heavy (non-hydrogen) atoms.